The van der Waals surface area contributed by atoms with Gasteiger partial charge in [-0.25, -0.2) is 0 Å². The van der Waals surface area contributed by atoms with E-state index in [-0.39, 0.29) is 36.4 Å². The third kappa shape index (κ3) is 5.03. The van der Waals surface area contributed by atoms with Gasteiger partial charge < -0.3 is 20.1 Å². The Labute approximate surface area is 149 Å². The van der Waals surface area contributed by atoms with Crippen LogP contribution in [0.1, 0.15) is 43.1 Å². The molecule has 0 aromatic heterocycles. The Morgan fingerprint density at radius 2 is 1.92 bits per heavy atom. The molecule has 0 saturated carbocycles. The molecule has 0 spiro atoms. The fourth-order valence-corrected chi connectivity index (χ4v) is 2.91. The molecule has 0 radical (unpaired) electrons. The largest absolute Gasteiger partial charge is 0.389 e. The van der Waals surface area contributed by atoms with Gasteiger partial charge in [-0.3, -0.25) is 9.59 Å². The van der Waals surface area contributed by atoms with Crippen molar-refractivity contribution in [1.82, 2.24) is 10.2 Å². The number of amides is 2. The number of methoxy groups -OCH3 is 1. The molecule has 2 rings (SSSR count). The average Bonchev–Trinajstić information content (AvgIpc) is 2.56. The van der Waals surface area contributed by atoms with E-state index in [0.29, 0.717) is 18.5 Å². The Morgan fingerprint density at radius 1 is 1.28 bits per heavy atom. The van der Waals surface area contributed by atoms with Gasteiger partial charge in [0.1, 0.15) is 6.61 Å². The predicted octanol–water partition coefficient (Wildman–Crippen LogP) is 1.32. The summed E-state index contributed by atoms with van der Waals surface area (Å²) in [7, 11) is 1.46. The van der Waals surface area contributed by atoms with Crippen molar-refractivity contribution in [1.29, 1.82) is 0 Å². The van der Waals surface area contributed by atoms with Crippen molar-refractivity contribution in [2.75, 3.05) is 26.8 Å². The summed E-state index contributed by atoms with van der Waals surface area (Å²) in [5.41, 5.74) is 1.76. The summed E-state index contributed by atoms with van der Waals surface area (Å²) < 4.78 is 4.83. The van der Waals surface area contributed by atoms with Gasteiger partial charge in [-0.2, -0.15) is 0 Å². The van der Waals surface area contributed by atoms with E-state index in [2.05, 4.69) is 26.1 Å². The summed E-state index contributed by atoms with van der Waals surface area (Å²) in [5, 5.41) is 13.1. The van der Waals surface area contributed by atoms with Crippen molar-refractivity contribution < 1.29 is 19.4 Å². The second-order valence-corrected chi connectivity index (χ2v) is 7.54. The van der Waals surface area contributed by atoms with E-state index in [4.69, 9.17) is 4.74 Å². The number of hydrogen-bond acceptors (Lipinski definition) is 4. The van der Waals surface area contributed by atoms with E-state index in [1.807, 2.05) is 12.1 Å². The van der Waals surface area contributed by atoms with Crippen LogP contribution in [0.15, 0.2) is 24.3 Å². The highest BCUT2D eigenvalue weighted by Gasteiger charge is 2.31. The summed E-state index contributed by atoms with van der Waals surface area (Å²) >= 11 is 0. The molecule has 1 aromatic carbocycles. The van der Waals surface area contributed by atoms with Gasteiger partial charge in [0.15, 0.2) is 0 Å². The van der Waals surface area contributed by atoms with Crippen molar-refractivity contribution >= 4 is 11.8 Å². The lowest BCUT2D eigenvalue weighted by molar-refractivity contribution is -0.138. The maximum atomic E-state index is 12.4. The average molecular weight is 348 g/mol. The van der Waals surface area contributed by atoms with Crippen molar-refractivity contribution in [3.05, 3.63) is 35.4 Å². The van der Waals surface area contributed by atoms with E-state index in [0.717, 1.165) is 5.56 Å². The van der Waals surface area contributed by atoms with E-state index in [1.165, 1.54) is 7.11 Å². The van der Waals surface area contributed by atoms with Gasteiger partial charge in [0.2, 0.25) is 5.91 Å². The second-order valence-electron chi connectivity index (χ2n) is 7.54. The molecule has 1 heterocycles. The molecule has 1 aliphatic heterocycles. The minimum absolute atomic E-state index is 0.00384. The van der Waals surface area contributed by atoms with Crippen molar-refractivity contribution in [3.8, 4) is 0 Å². The van der Waals surface area contributed by atoms with Crippen LogP contribution in [-0.4, -0.2) is 60.8 Å². The summed E-state index contributed by atoms with van der Waals surface area (Å²) in [5.74, 6) is -0.356. The van der Waals surface area contributed by atoms with Gasteiger partial charge >= 0.3 is 0 Å². The molecule has 1 saturated heterocycles. The van der Waals surface area contributed by atoms with Gasteiger partial charge in [0.25, 0.3) is 5.91 Å². The van der Waals surface area contributed by atoms with Crippen LogP contribution in [-0.2, 0) is 14.9 Å². The summed E-state index contributed by atoms with van der Waals surface area (Å²) in [6.45, 7) is 7.07. The molecular weight excluding hydrogens is 320 g/mol. The van der Waals surface area contributed by atoms with Crippen LogP contribution in [0, 0.1) is 0 Å². The standard InChI is InChI=1S/C19H28N2O4/c1-19(2,3)14-7-5-13(6-8-14)18(24)20-15-9-10-21(11-16(15)22)17(23)12-25-4/h5-8,15-16,22H,9-12H2,1-4H3,(H,20,24)/t15-,16-/m1/s1. The first-order chi connectivity index (χ1) is 11.7. The topological polar surface area (TPSA) is 78.9 Å². The SMILES string of the molecule is COCC(=O)N1CC[C@@H](NC(=O)c2ccc(C(C)(C)C)cc2)[C@H](O)C1. The van der Waals surface area contributed by atoms with Gasteiger partial charge in [0, 0.05) is 25.8 Å². The minimum Gasteiger partial charge on any atom is -0.389 e. The maximum absolute atomic E-state index is 12.4. The third-order valence-electron chi connectivity index (χ3n) is 4.53. The van der Waals surface area contributed by atoms with Gasteiger partial charge in [-0.1, -0.05) is 32.9 Å². The van der Waals surface area contributed by atoms with E-state index in [1.54, 1.807) is 17.0 Å². The lowest BCUT2D eigenvalue weighted by Gasteiger charge is -2.36. The fourth-order valence-electron chi connectivity index (χ4n) is 2.91. The molecule has 1 aliphatic rings. The van der Waals surface area contributed by atoms with E-state index < -0.39 is 6.10 Å². The van der Waals surface area contributed by atoms with Gasteiger partial charge in [-0.05, 0) is 29.5 Å². The third-order valence-corrected chi connectivity index (χ3v) is 4.53. The summed E-state index contributed by atoms with van der Waals surface area (Å²) in [6.07, 6.45) is -0.269. The van der Waals surface area contributed by atoms with Crippen molar-refractivity contribution in [2.24, 2.45) is 0 Å². The van der Waals surface area contributed by atoms with Crippen LogP contribution in [0.2, 0.25) is 0 Å². The highest BCUT2D eigenvalue weighted by atomic mass is 16.5. The molecule has 1 fully saturated rings. The molecule has 6 heteroatoms. The Morgan fingerprint density at radius 3 is 2.44 bits per heavy atom. The number of benzene rings is 1. The number of piperidine rings is 1. The number of aliphatic hydroxyl groups excluding tert-OH is 1. The first kappa shape index (κ1) is 19.4. The number of aliphatic hydroxyl groups is 1. The predicted molar refractivity (Wildman–Crippen MR) is 95.5 cm³/mol. The molecule has 2 amide bonds. The molecule has 2 atom stereocenters. The van der Waals surface area contributed by atoms with Gasteiger partial charge in [0.05, 0.1) is 12.1 Å². The first-order valence-electron chi connectivity index (χ1n) is 8.58. The van der Waals surface area contributed by atoms with Crippen LogP contribution in [0.4, 0.5) is 0 Å². The molecular formula is C19H28N2O4. The number of carbonyl (C=O) groups is 2. The summed E-state index contributed by atoms with van der Waals surface area (Å²) in [6, 6.07) is 7.16. The molecule has 1 aromatic rings. The summed E-state index contributed by atoms with van der Waals surface area (Å²) in [4.78, 5) is 25.8. The van der Waals surface area contributed by atoms with E-state index >= 15 is 0 Å². The zero-order valence-electron chi connectivity index (χ0n) is 15.4. The second kappa shape index (κ2) is 7.97. The lowest BCUT2D eigenvalue weighted by Crippen LogP contribution is -2.55. The number of nitrogens with zero attached hydrogens (tertiary/aromatic N) is 1. The fraction of sp³-hybridized carbons (Fsp3) is 0.579. The number of likely N-dealkylation sites (tertiary alicyclic amines) is 1. The van der Waals surface area contributed by atoms with Crippen molar-refractivity contribution in [2.45, 2.75) is 44.8 Å². The Kier molecular flexibility index (Phi) is 6.19. The van der Waals surface area contributed by atoms with Crippen LogP contribution in [0.5, 0.6) is 0 Å². The maximum Gasteiger partial charge on any atom is 0.251 e. The zero-order valence-corrected chi connectivity index (χ0v) is 15.4. The number of carbonyl (C=O) groups excluding carboxylic acids is 2. The van der Waals surface area contributed by atoms with E-state index in [9.17, 15) is 14.7 Å². The number of ether oxygens (including phenoxy) is 1. The first-order valence-corrected chi connectivity index (χ1v) is 8.58. The van der Waals surface area contributed by atoms with Crippen LogP contribution in [0.3, 0.4) is 0 Å². The number of nitrogens with one attached hydrogen (secondary N) is 1. The molecule has 25 heavy (non-hydrogen) atoms. The lowest BCUT2D eigenvalue weighted by atomic mass is 9.86. The van der Waals surface area contributed by atoms with Crippen molar-refractivity contribution in [3.63, 3.8) is 0 Å². The molecule has 2 N–H and O–H groups in total. The van der Waals surface area contributed by atoms with Crippen LogP contribution in [0.25, 0.3) is 0 Å². The Bertz CT molecular complexity index is 607. The Balaban J connectivity index is 1.94. The molecule has 138 valence electrons. The monoisotopic (exact) mass is 348 g/mol. The van der Waals surface area contributed by atoms with Crippen LogP contribution < -0.4 is 5.32 Å². The number of rotatable bonds is 4. The number of hydrogen-bond donors (Lipinski definition) is 2. The van der Waals surface area contributed by atoms with Gasteiger partial charge in [-0.15, -0.1) is 0 Å². The highest BCUT2D eigenvalue weighted by molar-refractivity contribution is 5.94. The normalized spacial score (nSPS) is 21.1. The molecule has 0 aliphatic carbocycles. The molecule has 6 nitrogen and oxygen atoms in total. The number of β-amino-alcohol motifs (C(OH)–C–C–N with tert-alkyl or cyclic N) is 1. The smallest absolute Gasteiger partial charge is 0.251 e. The highest BCUT2D eigenvalue weighted by Crippen LogP contribution is 2.22. The molecule has 0 unspecified atom stereocenters. The quantitative estimate of drug-likeness (QED) is 0.860. The minimum atomic E-state index is -0.785. The van der Waals surface area contributed by atoms with Crippen LogP contribution >= 0.6 is 0 Å². The Hall–Kier alpha value is -1.92. The molecule has 0 bridgehead atoms. The zero-order chi connectivity index (χ0) is 18.6.